The molecule has 1 aromatic carbocycles. The summed E-state index contributed by atoms with van der Waals surface area (Å²) in [4.78, 5) is 27.1. The maximum Gasteiger partial charge on any atom is 0.293 e. The lowest BCUT2D eigenvalue weighted by Crippen LogP contribution is -2.34. The van der Waals surface area contributed by atoms with Crippen molar-refractivity contribution in [2.75, 3.05) is 6.54 Å². The van der Waals surface area contributed by atoms with Crippen LogP contribution in [0.3, 0.4) is 0 Å². The van der Waals surface area contributed by atoms with E-state index in [2.05, 4.69) is 0 Å². The molecular weight excluding hydrogens is 344 g/mol. The standard InChI is InChI=1S/C21H22N2O2S/c24-20-19(26-21(25)23(20)15-16-8-3-1-4-9-16)14-18-12-7-13-22(18)17-10-5-2-6-11-17/h2,5-7,10-14,16H,1,3-4,8-9,15H2. The van der Waals surface area contributed by atoms with Crippen LogP contribution < -0.4 is 0 Å². The Morgan fingerprint density at radius 1 is 1.00 bits per heavy atom. The summed E-state index contributed by atoms with van der Waals surface area (Å²) in [5, 5.41) is -0.135. The monoisotopic (exact) mass is 366 g/mol. The molecule has 2 aromatic rings. The maximum absolute atomic E-state index is 12.8. The van der Waals surface area contributed by atoms with Crippen LogP contribution in [0.1, 0.15) is 37.8 Å². The maximum atomic E-state index is 12.8. The van der Waals surface area contributed by atoms with E-state index in [0.717, 1.165) is 36.0 Å². The Hall–Kier alpha value is -2.27. The lowest BCUT2D eigenvalue weighted by Gasteiger charge is -2.25. The summed E-state index contributed by atoms with van der Waals surface area (Å²) in [6.07, 6.45) is 9.73. The lowest BCUT2D eigenvalue weighted by atomic mass is 9.89. The van der Waals surface area contributed by atoms with Crippen molar-refractivity contribution in [3.05, 3.63) is 59.3 Å². The highest BCUT2D eigenvalue weighted by Gasteiger charge is 2.36. The summed E-state index contributed by atoms with van der Waals surface area (Å²) in [6.45, 7) is 0.571. The van der Waals surface area contributed by atoms with E-state index in [1.54, 1.807) is 0 Å². The first-order chi connectivity index (χ1) is 12.7. The number of thioether (sulfide) groups is 1. The molecule has 2 aliphatic rings. The number of carbonyl (C=O) groups excluding carboxylic acids is 2. The topological polar surface area (TPSA) is 42.3 Å². The third kappa shape index (κ3) is 3.49. The molecule has 5 heteroatoms. The van der Waals surface area contributed by atoms with E-state index >= 15 is 0 Å². The molecule has 1 saturated carbocycles. The van der Waals surface area contributed by atoms with Crippen molar-refractivity contribution < 1.29 is 9.59 Å². The third-order valence-corrected chi connectivity index (χ3v) is 6.04. The van der Waals surface area contributed by atoms with E-state index in [4.69, 9.17) is 0 Å². The van der Waals surface area contributed by atoms with Crippen molar-refractivity contribution >= 4 is 29.0 Å². The van der Waals surface area contributed by atoms with E-state index < -0.39 is 0 Å². The Bertz CT molecular complexity index is 835. The molecular formula is C21H22N2O2S. The Kier molecular flexibility index (Phi) is 4.98. The number of nitrogens with zero attached hydrogens (tertiary/aromatic N) is 2. The molecule has 0 spiro atoms. The van der Waals surface area contributed by atoms with Gasteiger partial charge in [0.05, 0.1) is 4.91 Å². The van der Waals surface area contributed by atoms with Gasteiger partial charge in [-0.05, 0) is 60.9 Å². The van der Waals surface area contributed by atoms with Crippen LogP contribution in [0.25, 0.3) is 11.8 Å². The number of hydrogen-bond acceptors (Lipinski definition) is 3. The van der Waals surface area contributed by atoms with Gasteiger partial charge in [0, 0.05) is 24.1 Å². The molecule has 0 bridgehead atoms. The zero-order valence-electron chi connectivity index (χ0n) is 14.6. The van der Waals surface area contributed by atoms with Crippen molar-refractivity contribution in [2.24, 2.45) is 5.92 Å². The van der Waals surface area contributed by atoms with Crippen LogP contribution in [0.15, 0.2) is 53.6 Å². The van der Waals surface area contributed by atoms with Crippen molar-refractivity contribution in [2.45, 2.75) is 32.1 Å². The first-order valence-corrected chi connectivity index (χ1v) is 10.0. The molecule has 1 saturated heterocycles. The molecule has 1 aliphatic heterocycles. The Morgan fingerprint density at radius 3 is 2.54 bits per heavy atom. The second kappa shape index (κ2) is 7.54. The second-order valence-electron chi connectivity index (χ2n) is 6.93. The van der Waals surface area contributed by atoms with Crippen LogP contribution in [-0.4, -0.2) is 27.2 Å². The third-order valence-electron chi connectivity index (χ3n) is 5.13. The number of carbonyl (C=O) groups is 2. The number of rotatable bonds is 4. The fourth-order valence-electron chi connectivity index (χ4n) is 3.76. The summed E-state index contributed by atoms with van der Waals surface area (Å²) < 4.78 is 2.02. The first kappa shape index (κ1) is 17.2. The van der Waals surface area contributed by atoms with Gasteiger partial charge in [-0.25, -0.2) is 0 Å². The molecule has 4 rings (SSSR count). The van der Waals surface area contributed by atoms with Gasteiger partial charge in [0.2, 0.25) is 0 Å². The van der Waals surface area contributed by atoms with Gasteiger partial charge in [0.25, 0.3) is 11.1 Å². The second-order valence-corrected chi connectivity index (χ2v) is 7.93. The predicted octanol–water partition coefficient (Wildman–Crippen LogP) is 5.09. The van der Waals surface area contributed by atoms with Crippen molar-refractivity contribution in [3.8, 4) is 5.69 Å². The highest BCUT2D eigenvalue weighted by molar-refractivity contribution is 8.18. The number of amides is 2. The van der Waals surface area contributed by atoms with Crippen LogP contribution in [0.2, 0.25) is 0 Å². The minimum absolute atomic E-state index is 0.135. The van der Waals surface area contributed by atoms with E-state index in [1.807, 2.05) is 59.3 Å². The van der Waals surface area contributed by atoms with Crippen molar-refractivity contribution in [3.63, 3.8) is 0 Å². The SMILES string of the molecule is O=C1SC(=Cc2cccn2-c2ccccc2)C(=O)N1CC1CCCCC1. The number of imide groups is 1. The Balaban J connectivity index is 1.55. The van der Waals surface area contributed by atoms with Crippen LogP contribution >= 0.6 is 11.8 Å². The molecule has 26 heavy (non-hydrogen) atoms. The Labute approximate surface area is 157 Å². The highest BCUT2D eigenvalue weighted by atomic mass is 32.2. The van der Waals surface area contributed by atoms with Crippen molar-refractivity contribution in [1.29, 1.82) is 0 Å². The molecule has 1 aromatic heterocycles. The van der Waals surface area contributed by atoms with E-state index in [1.165, 1.54) is 24.2 Å². The number of para-hydroxylation sites is 1. The molecule has 4 nitrogen and oxygen atoms in total. The van der Waals surface area contributed by atoms with Crippen LogP contribution in [-0.2, 0) is 4.79 Å². The summed E-state index contributed by atoms with van der Waals surface area (Å²) >= 11 is 1.06. The molecule has 134 valence electrons. The quantitative estimate of drug-likeness (QED) is 0.708. The van der Waals surface area contributed by atoms with Gasteiger partial charge in [0.1, 0.15) is 0 Å². The van der Waals surface area contributed by atoms with E-state index in [-0.39, 0.29) is 11.1 Å². The summed E-state index contributed by atoms with van der Waals surface area (Å²) in [6, 6.07) is 13.9. The van der Waals surface area contributed by atoms with Crippen molar-refractivity contribution in [1.82, 2.24) is 9.47 Å². The molecule has 0 radical (unpaired) electrons. The van der Waals surface area contributed by atoms with Gasteiger partial charge in [-0.1, -0.05) is 37.5 Å². The lowest BCUT2D eigenvalue weighted by molar-refractivity contribution is -0.123. The number of aromatic nitrogens is 1. The van der Waals surface area contributed by atoms with Gasteiger partial charge >= 0.3 is 0 Å². The van der Waals surface area contributed by atoms with E-state index in [9.17, 15) is 9.59 Å². The largest absolute Gasteiger partial charge is 0.317 e. The minimum atomic E-state index is -0.147. The molecule has 0 unspecified atom stereocenters. The van der Waals surface area contributed by atoms with Gasteiger partial charge in [0.15, 0.2) is 0 Å². The van der Waals surface area contributed by atoms with E-state index in [0.29, 0.717) is 17.4 Å². The molecule has 0 atom stereocenters. The van der Waals surface area contributed by atoms with Crippen LogP contribution in [0, 0.1) is 5.92 Å². The van der Waals surface area contributed by atoms with Crippen LogP contribution in [0.5, 0.6) is 0 Å². The zero-order chi connectivity index (χ0) is 17.9. The normalized spacial score (nSPS) is 20.3. The fourth-order valence-corrected chi connectivity index (χ4v) is 4.59. The summed E-state index contributed by atoms with van der Waals surface area (Å²) in [5.74, 6) is 0.316. The van der Waals surface area contributed by atoms with Crippen LogP contribution in [0.4, 0.5) is 4.79 Å². The highest BCUT2D eigenvalue weighted by Crippen LogP contribution is 2.35. The minimum Gasteiger partial charge on any atom is -0.317 e. The average molecular weight is 366 g/mol. The predicted molar refractivity (Wildman–Crippen MR) is 105 cm³/mol. The summed E-state index contributed by atoms with van der Waals surface area (Å²) in [5.41, 5.74) is 1.93. The number of benzene rings is 1. The van der Waals surface area contributed by atoms with Gasteiger partial charge in [-0.3, -0.25) is 14.5 Å². The molecule has 2 heterocycles. The molecule has 2 fully saturated rings. The van der Waals surface area contributed by atoms with Gasteiger partial charge in [-0.15, -0.1) is 0 Å². The summed E-state index contributed by atoms with van der Waals surface area (Å²) in [7, 11) is 0. The smallest absolute Gasteiger partial charge is 0.293 e. The number of hydrogen-bond donors (Lipinski definition) is 0. The molecule has 0 N–H and O–H groups in total. The van der Waals surface area contributed by atoms with Gasteiger partial charge < -0.3 is 4.57 Å². The zero-order valence-corrected chi connectivity index (χ0v) is 15.5. The van der Waals surface area contributed by atoms with Gasteiger partial charge in [-0.2, -0.15) is 0 Å². The Morgan fingerprint density at radius 2 is 1.77 bits per heavy atom. The first-order valence-electron chi connectivity index (χ1n) is 9.20. The molecule has 2 amide bonds. The average Bonchev–Trinajstić information content (AvgIpc) is 3.24. The fraction of sp³-hybridized carbons (Fsp3) is 0.333. The molecule has 1 aliphatic carbocycles.